The van der Waals surface area contributed by atoms with Gasteiger partial charge >= 0.3 is 175 Å². The molecule has 4 aromatic carbocycles. The Balaban J connectivity index is 0.00000225. The number of rotatable bonds is 5. The zero-order chi connectivity index (χ0) is 18.6. The van der Waals surface area contributed by atoms with Gasteiger partial charge in [0.1, 0.15) is 0 Å². The fourth-order valence-electron chi connectivity index (χ4n) is 3.86. The standard InChI is InChI=1S/C25H22IP.BrH/c26-27(23-15-7-2-8-16-23,24-17-9-3-10-18-24,25-19-11-4-12-20-25)21-22-13-5-1-6-14-22;/h1-20H,21H2;1H. The van der Waals surface area contributed by atoms with Gasteiger partial charge in [-0.05, 0) is 0 Å². The van der Waals surface area contributed by atoms with Crippen molar-refractivity contribution in [1.82, 2.24) is 0 Å². The summed E-state index contributed by atoms with van der Waals surface area (Å²) >= 11 is 2.84. The molecular formula is C25H23BrIP. The zero-order valence-corrected chi connectivity index (χ0v) is 20.3. The molecule has 3 heteroatoms. The average molecular weight is 561 g/mol. The van der Waals surface area contributed by atoms with Crippen LogP contribution in [0.2, 0.25) is 0 Å². The molecule has 0 bridgehead atoms. The number of benzene rings is 4. The van der Waals surface area contributed by atoms with E-state index in [0.29, 0.717) is 0 Å². The monoisotopic (exact) mass is 560 g/mol. The molecule has 0 fully saturated rings. The summed E-state index contributed by atoms with van der Waals surface area (Å²) in [5, 5.41) is 4.26. The normalized spacial score (nSPS) is 12.4. The van der Waals surface area contributed by atoms with Gasteiger partial charge < -0.3 is 0 Å². The van der Waals surface area contributed by atoms with E-state index in [2.05, 4.69) is 143 Å². The molecule has 0 saturated heterocycles. The molecular weight excluding hydrogens is 538 g/mol. The molecule has 0 aromatic heterocycles. The predicted octanol–water partition coefficient (Wildman–Crippen LogP) is 6.64. The first-order valence-corrected chi connectivity index (χ1v) is 14.4. The third kappa shape index (κ3) is 3.70. The molecule has 0 spiro atoms. The maximum absolute atomic E-state index is 2.84. The minimum absolute atomic E-state index is 0. The number of hydrogen-bond donors (Lipinski definition) is 0. The SMILES string of the molecule is Br.IP(Cc1ccccc1)(c1ccccc1)(c1ccccc1)c1ccccc1. The van der Waals surface area contributed by atoms with Crippen LogP contribution in [0.1, 0.15) is 5.56 Å². The van der Waals surface area contributed by atoms with Crippen molar-refractivity contribution in [2.24, 2.45) is 0 Å². The van der Waals surface area contributed by atoms with Gasteiger partial charge in [-0.3, -0.25) is 0 Å². The summed E-state index contributed by atoms with van der Waals surface area (Å²) in [7, 11) is 0. The van der Waals surface area contributed by atoms with Crippen LogP contribution in [0.25, 0.3) is 0 Å². The van der Waals surface area contributed by atoms with E-state index in [1.807, 2.05) is 0 Å². The van der Waals surface area contributed by atoms with Gasteiger partial charge in [0.05, 0.1) is 0 Å². The second-order valence-electron chi connectivity index (χ2n) is 6.83. The average Bonchev–Trinajstić information content (AvgIpc) is 2.76. The molecule has 0 saturated carbocycles. The molecule has 0 amide bonds. The van der Waals surface area contributed by atoms with Gasteiger partial charge in [-0.25, -0.2) is 0 Å². The second-order valence-corrected chi connectivity index (χ2v) is 17.5. The Hall–Kier alpha value is -1.48. The first kappa shape index (κ1) is 21.2. The Morgan fingerprint density at radius 1 is 0.464 bits per heavy atom. The Kier molecular flexibility index (Phi) is 6.75. The van der Waals surface area contributed by atoms with Crippen LogP contribution in [0.4, 0.5) is 0 Å². The van der Waals surface area contributed by atoms with Gasteiger partial charge in [-0.1, -0.05) is 0 Å². The molecule has 0 nitrogen and oxygen atoms in total. The van der Waals surface area contributed by atoms with E-state index >= 15 is 0 Å². The van der Waals surface area contributed by atoms with Crippen LogP contribution in [0.15, 0.2) is 121 Å². The van der Waals surface area contributed by atoms with Crippen molar-refractivity contribution in [3.8, 4) is 0 Å². The summed E-state index contributed by atoms with van der Waals surface area (Å²) in [4.78, 5) is 0. The molecule has 142 valence electrons. The maximum atomic E-state index is 2.84. The van der Waals surface area contributed by atoms with E-state index in [1.165, 1.54) is 21.5 Å². The van der Waals surface area contributed by atoms with Gasteiger partial charge in [0, 0.05) is 0 Å². The van der Waals surface area contributed by atoms with E-state index in [0.717, 1.165) is 6.16 Å². The van der Waals surface area contributed by atoms with Gasteiger partial charge in [0.25, 0.3) is 0 Å². The minimum atomic E-state index is -2.71. The molecule has 0 aliphatic heterocycles. The Labute approximate surface area is 191 Å². The van der Waals surface area contributed by atoms with Crippen LogP contribution >= 0.6 is 43.3 Å². The van der Waals surface area contributed by atoms with Gasteiger partial charge in [0.15, 0.2) is 0 Å². The molecule has 28 heavy (non-hydrogen) atoms. The predicted molar refractivity (Wildman–Crippen MR) is 140 cm³/mol. The van der Waals surface area contributed by atoms with E-state index in [1.54, 1.807) is 0 Å². The Morgan fingerprint density at radius 2 is 0.750 bits per heavy atom. The van der Waals surface area contributed by atoms with E-state index in [9.17, 15) is 0 Å². The summed E-state index contributed by atoms with van der Waals surface area (Å²) < 4.78 is -2.71. The van der Waals surface area contributed by atoms with Crippen LogP contribution in [0, 0.1) is 0 Å². The summed E-state index contributed by atoms with van der Waals surface area (Å²) in [6.07, 6.45) is 1.00. The fourth-order valence-corrected chi connectivity index (χ4v) is 12.7. The van der Waals surface area contributed by atoms with Gasteiger partial charge in [0.2, 0.25) is 0 Å². The van der Waals surface area contributed by atoms with Crippen molar-refractivity contribution in [2.75, 3.05) is 0 Å². The number of halogens is 2. The van der Waals surface area contributed by atoms with Gasteiger partial charge in [-0.15, -0.1) is 17.0 Å². The summed E-state index contributed by atoms with van der Waals surface area (Å²) in [6, 6.07) is 44.2. The molecule has 0 N–H and O–H groups in total. The molecule has 0 heterocycles. The fraction of sp³-hybridized carbons (Fsp3) is 0.0400. The zero-order valence-electron chi connectivity index (χ0n) is 15.5. The molecule has 0 unspecified atom stereocenters. The molecule has 0 atom stereocenters. The van der Waals surface area contributed by atoms with Crippen molar-refractivity contribution < 1.29 is 0 Å². The Bertz CT molecular complexity index is 906. The first-order chi connectivity index (χ1) is 13.2. The van der Waals surface area contributed by atoms with Crippen molar-refractivity contribution >= 4 is 59.2 Å². The van der Waals surface area contributed by atoms with E-state index in [-0.39, 0.29) is 17.0 Å². The molecule has 4 rings (SSSR count). The van der Waals surface area contributed by atoms with Gasteiger partial charge in [-0.2, -0.15) is 0 Å². The van der Waals surface area contributed by atoms with Crippen LogP contribution < -0.4 is 15.9 Å². The first-order valence-electron chi connectivity index (χ1n) is 9.15. The Morgan fingerprint density at radius 3 is 1.07 bits per heavy atom. The second kappa shape index (κ2) is 8.90. The van der Waals surface area contributed by atoms with Crippen molar-refractivity contribution in [3.05, 3.63) is 127 Å². The summed E-state index contributed by atoms with van der Waals surface area (Å²) in [5.74, 6) is 0. The topological polar surface area (TPSA) is 0 Å². The summed E-state index contributed by atoms with van der Waals surface area (Å²) in [5.41, 5.74) is 1.38. The molecule has 4 aromatic rings. The third-order valence-corrected chi connectivity index (χ3v) is 16.3. The molecule has 0 aliphatic carbocycles. The van der Waals surface area contributed by atoms with E-state index < -0.39 is 4.25 Å². The van der Waals surface area contributed by atoms with Crippen molar-refractivity contribution in [3.63, 3.8) is 0 Å². The molecule has 0 aliphatic rings. The molecule has 0 radical (unpaired) electrons. The van der Waals surface area contributed by atoms with E-state index in [4.69, 9.17) is 0 Å². The number of hydrogen-bond acceptors (Lipinski definition) is 0. The van der Waals surface area contributed by atoms with Crippen molar-refractivity contribution in [2.45, 2.75) is 6.16 Å². The quantitative estimate of drug-likeness (QED) is 0.189. The van der Waals surface area contributed by atoms with Crippen LogP contribution in [-0.2, 0) is 6.16 Å². The van der Waals surface area contributed by atoms with Crippen molar-refractivity contribution in [1.29, 1.82) is 0 Å². The van der Waals surface area contributed by atoms with Crippen LogP contribution in [0.3, 0.4) is 0 Å². The third-order valence-electron chi connectivity index (χ3n) is 5.21. The van der Waals surface area contributed by atoms with Crippen LogP contribution in [0.5, 0.6) is 0 Å². The van der Waals surface area contributed by atoms with Crippen LogP contribution in [-0.4, -0.2) is 0 Å². The summed E-state index contributed by atoms with van der Waals surface area (Å²) in [6.45, 7) is 0.